The van der Waals surface area contributed by atoms with Gasteiger partial charge in [0.1, 0.15) is 0 Å². The predicted molar refractivity (Wildman–Crippen MR) is 76.4 cm³/mol. The molecule has 0 saturated carbocycles. The molecule has 1 aliphatic rings. The van der Waals surface area contributed by atoms with E-state index < -0.39 is 0 Å². The van der Waals surface area contributed by atoms with Crippen LogP contribution in [0.5, 0.6) is 0 Å². The van der Waals surface area contributed by atoms with Crippen molar-refractivity contribution in [3.8, 4) is 0 Å². The predicted octanol–water partition coefficient (Wildman–Crippen LogP) is 2.37. The maximum absolute atomic E-state index is 11.8. The molecule has 2 amide bonds. The molecule has 1 heterocycles. The number of urea groups is 1. The summed E-state index contributed by atoms with van der Waals surface area (Å²) in [6.45, 7) is 4.02. The summed E-state index contributed by atoms with van der Waals surface area (Å²) in [5, 5.41) is 9.19. The lowest BCUT2D eigenvalue weighted by atomic mass is 9.91. The fourth-order valence-corrected chi connectivity index (χ4v) is 2.06. The van der Waals surface area contributed by atoms with E-state index in [1.165, 1.54) is 0 Å². The Morgan fingerprint density at radius 3 is 2.44 bits per heavy atom. The molecule has 1 aromatic carbocycles. The molecule has 1 saturated heterocycles. The first-order valence-corrected chi connectivity index (χ1v) is 6.03. The quantitative estimate of drug-likeness (QED) is 0.772. The molecule has 4 nitrogen and oxygen atoms in total. The molecule has 0 radical (unpaired) electrons. The van der Waals surface area contributed by atoms with Crippen LogP contribution in [-0.2, 0) is 0 Å². The highest BCUT2D eigenvalue weighted by molar-refractivity contribution is 5.89. The number of anilines is 1. The van der Waals surface area contributed by atoms with Crippen LogP contribution >= 0.6 is 12.4 Å². The van der Waals surface area contributed by atoms with Gasteiger partial charge in [-0.2, -0.15) is 0 Å². The maximum Gasteiger partial charge on any atom is 0.319 e. The summed E-state index contributed by atoms with van der Waals surface area (Å²) in [6.07, 6.45) is 1.93. The first-order chi connectivity index (χ1) is 8.18. The van der Waals surface area contributed by atoms with Crippen LogP contribution in [0.15, 0.2) is 30.3 Å². The first-order valence-electron chi connectivity index (χ1n) is 6.03. The lowest BCUT2D eigenvalue weighted by molar-refractivity contribution is 0.225. The van der Waals surface area contributed by atoms with Gasteiger partial charge in [0.05, 0.1) is 0 Å². The molecule has 1 aliphatic heterocycles. The maximum atomic E-state index is 11.8. The third-order valence-electron chi connectivity index (χ3n) is 3.15. The Balaban J connectivity index is 0.00000162. The number of rotatable bonds is 2. The Kier molecular flexibility index (Phi) is 5.44. The summed E-state index contributed by atoms with van der Waals surface area (Å²) in [5.41, 5.74) is 0.729. The van der Waals surface area contributed by atoms with Gasteiger partial charge in [-0.25, -0.2) is 4.79 Å². The zero-order valence-corrected chi connectivity index (χ0v) is 11.3. The second-order valence-electron chi connectivity index (χ2n) is 4.76. The van der Waals surface area contributed by atoms with Crippen LogP contribution in [0.25, 0.3) is 0 Å². The third kappa shape index (κ3) is 4.20. The van der Waals surface area contributed by atoms with Gasteiger partial charge in [-0.1, -0.05) is 18.2 Å². The fraction of sp³-hybridized carbons (Fsp3) is 0.462. The summed E-state index contributed by atoms with van der Waals surface area (Å²) in [5.74, 6) is 0. The Bertz CT molecular complexity index is 377. The van der Waals surface area contributed by atoms with E-state index in [2.05, 4.69) is 22.9 Å². The standard InChI is InChI=1S/C13H19N3O.ClH/c1-13(7-9-14-10-8-13)16-12(17)15-11-5-3-2-4-6-11;/h2-6,14H,7-10H2,1H3,(H2,15,16,17);1H. The van der Waals surface area contributed by atoms with E-state index in [0.717, 1.165) is 31.6 Å². The topological polar surface area (TPSA) is 53.2 Å². The Morgan fingerprint density at radius 2 is 1.83 bits per heavy atom. The second-order valence-corrected chi connectivity index (χ2v) is 4.76. The lowest BCUT2D eigenvalue weighted by Gasteiger charge is -2.34. The van der Waals surface area contributed by atoms with Crippen LogP contribution in [0.2, 0.25) is 0 Å². The Hall–Kier alpha value is -1.26. The number of piperidine rings is 1. The molecule has 2 rings (SSSR count). The van der Waals surface area contributed by atoms with Crippen LogP contribution < -0.4 is 16.0 Å². The minimum absolute atomic E-state index is 0. The Labute approximate surface area is 114 Å². The van der Waals surface area contributed by atoms with Crippen molar-refractivity contribution < 1.29 is 4.79 Å². The van der Waals surface area contributed by atoms with Gasteiger partial charge in [-0.3, -0.25) is 0 Å². The van der Waals surface area contributed by atoms with E-state index in [1.54, 1.807) is 0 Å². The molecule has 100 valence electrons. The van der Waals surface area contributed by atoms with E-state index in [4.69, 9.17) is 0 Å². The van der Waals surface area contributed by atoms with Crippen molar-refractivity contribution in [1.82, 2.24) is 10.6 Å². The number of carbonyl (C=O) groups excluding carboxylic acids is 1. The van der Waals surface area contributed by atoms with Gasteiger partial charge in [0.15, 0.2) is 0 Å². The van der Waals surface area contributed by atoms with Crippen molar-refractivity contribution in [3.05, 3.63) is 30.3 Å². The van der Waals surface area contributed by atoms with Crippen LogP contribution in [-0.4, -0.2) is 24.7 Å². The average molecular weight is 270 g/mol. The number of hydrogen-bond donors (Lipinski definition) is 3. The summed E-state index contributed by atoms with van der Waals surface area (Å²) in [4.78, 5) is 11.8. The number of nitrogens with one attached hydrogen (secondary N) is 3. The molecule has 1 fully saturated rings. The van der Waals surface area contributed by atoms with Crippen molar-refractivity contribution in [2.45, 2.75) is 25.3 Å². The smallest absolute Gasteiger partial charge is 0.319 e. The van der Waals surface area contributed by atoms with Crippen LogP contribution in [0.4, 0.5) is 10.5 Å². The van der Waals surface area contributed by atoms with Crippen molar-refractivity contribution in [3.63, 3.8) is 0 Å². The fourth-order valence-electron chi connectivity index (χ4n) is 2.06. The van der Waals surface area contributed by atoms with Crippen LogP contribution in [0, 0.1) is 0 Å². The second kappa shape index (κ2) is 6.61. The number of halogens is 1. The highest BCUT2D eigenvalue weighted by Gasteiger charge is 2.28. The van der Waals surface area contributed by atoms with Crippen LogP contribution in [0.1, 0.15) is 19.8 Å². The molecule has 1 aromatic rings. The van der Waals surface area contributed by atoms with Gasteiger partial charge < -0.3 is 16.0 Å². The Morgan fingerprint density at radius 1 is 1.22 bits per heavy atom. The minimum Gasteiger partial charge on any atom is -0.333 e. The van der Waals surface area contributed by atoms with E-state index in [1.807, 2.05) is 30.3 Å². The third-order valence-corrected chi connectivity index (χ3v) is 3.15. The first kappa shape index (κ1) is 14.8. The lowest BCUT2D eigenvalue weighted by Crippen LogP contribution is -2.53. The average Bonchev–Trinajstić information content (AvgIpc) is 2.30. The summed E-state index contributed by atoms with van der Waals surface area (Å²) in [7, 11) is 0. The van der Waals surface area contributed by atoms with E-state index >= 15 is 0 Å². The van der Waals surface area contributed by atoms with Gasteiger partial charge >= 0.3 is 6.03 Å². The summed E-state index contributed by atoms with van der Waals surface area (Å²) >= 11 is 0. The van der Waals surface area contributed by atoms with Gasteiger partial charge in [-0.15, -0.1) is 12.4 Å². The van der Waals surface area contributed by atoms with E-state index in [-0.39, 0.29) is 24.0 Å². The van der Waals surface area contributed by atoms with Crippen molar-refractivity contribution in [2.75, 3.05) is 18.4 Å². The number of para-hydroxylation sites is 1. The zero-order valence-electron chi connectivity index (χ0n) is 10.5. The van der Waals surface area contributed by atoms with Crippen LogP contribution in [0.3, 0.4) is 0 Å². The highest BCUT2D eigenvalue weighted by Crippen LogP contribution is 2.17. The number of benzene rings is 1. The van der Waals surface area contributed by atoms with Crippen molar-refractivity contribution in [1.29, 1.82) is 0 Å². The highest BCUT2D eigenvalue weighted by atomic mass is 35.5. The molecule has 3 N–H and O–H groups in total. The molecule has 0 aromatic heterocycles. The summed E-state index contributed by atoms with van der Waals surface area (Å²) in [6, 6.07) is 9.37. The molecule has 0 spiro atoms. The van der Waals surface area contributed by atoms with Crippen molar-refractivity contribution in [2.24, 2.45) is 0 Å². The normalized spacial score (nSPS) is 17.4. The molecule has 0 atom stereocenters. The molecule has 18 heavy (non-hydrogen) atoms. The van der Waals surface area contributed by atoms with Crippen molar-refractivity contribution >= 4 is 24.1 Å². The molecule has 0 aliphatic carbocycles. The summed E-state index contributed by atoms with van der Waals surface area (Å²) < 4.78 is 0. The van der Waals surface area contributed by atoms with Gasteiger partial charge in [0, 0.05) is 11.2 Å². The number of carbonyl (C=O) groups is 1. The van der Waals surface area contributed by atoms with E-state index in [0.29, 0.717) is 0 Å². The number of amides is 2. The number of hydrogen-bond acceptors (Lipinski definition) is 2. The molecule has 0 unspecified atom stereocenters. The zero-order chi connectivity index (χ0) is 12.1. The minimum atomic E-state index is -0.124. The molecule has 0 bridgehead atoms. The van der Waals surface area contributed by atoms with Gasteiger partial charge in [0.25, 0.3) is 0 Å². The van der Waals surface area contributed by atoms with Gasteiger partial charge in [0.2, 0.25) is 0 Å². The molecular weight excluding hydrogens is 250 g/mol. The molecular formula is C13H20ClN3O. The van der Waals surface area contributed by atoms with Gasteiger partial charge in [-0.05, 0) is 45.0 Å². The molecule has 5 heteroatoms. The van der Waals surface area contributed by atoms with E-state index in [9.17, 15) is 4.79 Å². The SMILES string of the molecule is CC1(NC(=O)Nc2ccccc2)CCNCC1.Cl. The monoisotopic (exact) mass is 269 g/mol. The largest absolute Gasteiger partial charge is 0.333 e.